The number of alkyl halides is 6. The monoisotopic (exact) mass is 596 g/mol. The van der Waals surface area contributed by atoms with Crippen LogP contribution in [0.2, 0.25) is 0 Å². The summed E-state index contributed by atoms with van der Waals surface area (Å²) in [5, 5.41) is 0. The summed E-state index contributed by atoms with van der Waals surface area (Å²) >= 11 is 4.20. The van der Waals surface area contributed by atoms with Crippen molar-refractivity contribution in [1.82, 2.24) is 8.75 Å². The second kappa shape index (κ2) is 11.0. The molecule has 0 aliphatic carbocycles. The van der Waals surface area contributed by atoms with Crippen molar-refractivity contribution < 1.29 is 26.3 Å². The highest BCUT2D eigenvalue weighted by molar-refractivity contribution is 7.24. The zero-order chi connectivity index (χ0) is 27.8. The number of benzene rings is 2. The number of aromatic nitrogens is 2. The lowest BCUT2D eigenvalue weighted by Crippen LogP contribution is -2.11. The van der Waals surface area contributed by atoms with Gasteiger partial charge in [-0.05, 0) is 60.9 Å². The van der Waals surface area contributed by atoms with Crippen molar-refractivity contribution in [3.63, 3.8) is 0 Å². The van der Waals surface area contributed by atoms with Gasteiger partial charge in [-0.3, -0.25) is 0 Å². The molecule has 3 heterocycles. The predicted octanol–water partition coefficient (Wildman–Crippen LogP) is 11.0. The van der Waals surface area contributed by atoms with Crippen LogP contribution in [0.1, 0.15) is 48.6 Å². The molecule has 0 N–H and O–H groups in total. The Morgan fingerprint density at radius 2 is 1.23 bits per heavy atom. The molecule has 0 saturated heterocycles. The summed E-state index contributed by atoms with van der Waals surface area (Å²) in [4.78, 5) is 4.48. The van der Waals surface area contributed by atoms with Crippen LogP contribution in [0.5, 0.6) is 0 Å². The first-order chi connectivity index (χ1) is 18.5. The van der Waals surface area contributed by atoms with Crippen molar-refractivity contribution in [2.75, 3.05) is 0 Å². The molecule has 204 valence electrons. The third-order valence-corrected chi connectivity index (χ3v) is 9.35. The zero-order valence-electron chi connectivity index (χ0n) is 20.6. The maximum absolute atomic E-state index is 13.4. The van der Waals surface area contributed by atoms with Gasteiger partial charge in [-0.1, -0.05) is 38.3 Å². The third kappa shape index (κ3) is 6.05. The van der Waals surface area contributed by atoms with Gasteiger partial charge in [-0.25, -0.2) is 0 Å². The van der Waals surface area contributed by atoms with Crippen molar-refractivity contribution in [2.45, 2.75) is 51.4 Å². The Bertz CT molecular complexity index is 1560. The Balaban J connectivity index is 1.49. The molecule has 0 fully saturated rings. The average molecular weight is 597 g/mol. The highest BCUT2D eigenvalue weighted by Gasteiger charge is 2.37. The lowest BCUT2D eigenvalue weighted by atomic mass is 9.96. The average Bonchev–Trinajstić information content (AvgIpc) is 3.65. The van der Waals surface area contributed by atoms with Crippen molar-refractivity contribution in [3.8, 4) is 31.3 Å². The van der Waals surface area contributed by atoms with Crippen LogP contribution in [-0.2, 0) is 18.8 Å². The van der Waals surface area contributed by atoms with E-state index in [1.54, 1.807) is 28.7 Å². The lowest BCUT2D eigenvalue weighted by molar-refractivity contribution is -0.143. The Labute approximate surface area is 233 Å². The number of nitrogens with zero attached hydrogens (tertiary/aromatic N) is 2. The Morgan fingerprint density at radius 1 is 0.641 bits per heavy atom. The third-order valence-electron chi connectivity index (χ3n) is 6.37. The fourth-order valence-electron chi connectivity index (χ4n) is 4.39. The van der Waals surface area contributed by atoms with E-state index in [1.807, 2.05) is 12.1 Å². The smallest absolute Gasteiger partial charge is 0.172 e. The summed E-state index contributed by atoms with van der Waals surface area (Å²) in [7, 11) is 0. The molecule has 5 rings (SSSR count). The molecular weight excluding hydrogens is 575 g/mol. The minimum Gasteiger partial charge on any atom is -0.172 e. The normalized spacial score (nSPS) is 12.5. The zero-order valence-corrected chi connectivity index (χ0v) is 23.1. The van der Waals surface area contributed by atoms with Crippen LogP contribution in [0.15, 0.2) is 54.6 Å². The summed E-state index contributed by atoms with van der Waals surface area (Å²) < 4.78 is 89.2. The van der Waals surface area contributed by atoms with Crippen LogP contribution in [0.4, 0.5) is 26.3 Å². The lowest BCUT2D eigenvalue weighted by Gasteiger charge is -2.15. The maximum Gasteiger partial charge on any atom is 0.416 e. The molecule has 2 aromatic carbocycles. The second-order valence-corrected chi connectivity index (χ2v) is 11.9. The highest BCUT2D eigenvalue weighted by atomic mass is 32.1. The fraction of sp³-hybridized carbons (Fsp3) is 0.286. The first kappa shape index (κ1) is 27.8. The van der Waals surface area contributed by atoms with Gasteiger partial charge < -0.3 is 0 Å². The largest absolute Gasteiger partial charge is 0.416 e. The SMILES string of the molecule is CCCCCCc1ccc(-c2ccc(-c3ccc(-c4cc(C(F)(F)F)cc(C(F)(F)F)c4)c4nsnc34)s2)s1. The van der Waals surface area contributed by atoms with E-state index < -0.39 is 23.5 Å². The van der Waals surface area contributed by atoms with Gasteiger partial charge in [-0.2, -0.15) is 35.1 Å². The fourth-order valence-corrected chi connectivity index (χ4v) is 7.14. The van der Waals surface area contributed by atoms with Crippen LogP contribution in [-0.4, -0.2) is 8.75 Å². The molecular formula is C28H22F6N2S3. The molecule has 11 heteroatoms. The van der Waals surface area contributed by atoms with Crippen LogP contribution >= 0.6 is 34.4 Å². The quantitative estimate of drug-likeness (QED) is 0.132. The van der Waals surface area contributed by atoms with E-state index in [0.717, 1.165) is 50.5 Å². The van der Waals surface area contributed by atoms with Crippen molar-refractivity contribution >= 4 is 45.4 Å². The van der Waals surface area contributed by atoms with Crippen molar-refractivity contribution in [2.24, 2.45) is 0 Å². The molecule has 0 saturated carbocycles. The number of unbranched alkanes of at least 4 members (excludes halogenated alkanes) is 3. The summed E-state index contributed by atoms with van der Waals surface area (Å²) in [5.74, 6) is 0. The van der Waals surface area contributed by atoms with E-state index in [4.69, 9.17) is 0 Å². The van der Waals surface area contributed by atoms with E-state index in [-0.39, 0.29) is 22.7 Å². The van der Waals surface area contributed by atoms with E-state index in [9.17, 15) is 26.3 Å². The molecule has 0 spiro atoms. The first-order valence-corrected chi connectivity index (χ1v) is 14.7. The number of halogens is 6. The van der Waals surface area contributed by atoms with Crippen LogP contribution in [0.3, 0.4) is 0 Å². The molecule has 0 unspecified atom stereocenters. The Kier molecular flexibility index (Phi) is 7.85. The number of fused-ring (bicyclic) bond motifs is 1. The number of hydrogen-bond acceptors (Lipinski definition) is 5. The molecule has 0 aliphatic rings. The van der Waals surface area contributed by atoms with E-state index in [0.29, 0.717) is 5.52 Å². The summed E-state index contributed by atoms with van der Waals surface area (Å²) in [6.07, 6.45) is -3.98. The molecule has 0 bridgehead atoms. The summed E-state index contributed by atoms with van der Waals surface area (Å²) in [6.45, 7) is 2.19. The molecule has 39 heavy (non-hydrogen) atoms. The number of thiophene rings is 2. The van der Waals surface area contributed by atoms with Gasteiger partial charge in [0.05, 0.1) is 22.9 Å². The molecule has 3 aromatic heterocycles. The van der Waals surface area contributed by atoms with Gasteiger partial charge in [0, 0.05) is 30.6 Å². The van der Waals surface area contributed by atoms with E-state index >= 15 is 0 Å². The minimum absolute atomic E-state index is 0.128. The van der Waals surface area contributed by atoms with Gasteiger partial charge in [0.1, 0.15) is 11.0 Å². The van der Waals surface area contributed by atoms with Crippen molar-refractivity contribution in [1.29, 1.82) is 0 Å². The molecule has 0 atom stereocenters. The number of hydrogen-bond donors (Lipinski definition) is 0. The van der Waals surface area contributed by atoms with E-state index in [2.05, 4.69) is 27.8 Å². The Hall–Kier alpha value is -2.76. The standard InChI is InChI=1S/C28H22F6N2S3/c1-2-3-4-5-6-19-7-10-23(37-19)24-12-11-22(38-24)21-9-8-20(25-26(21)36-39-35-25)16-13-17(27(29,30)31)15-18(14-16)28(32,33)34/h7-15H,2-6H2,1H3. The maximum atomic E-state index is 13.4. The van der Waals surface area contributed by atoms with Crippen LogP contribution < -0.4 is 0 Å². The van der Waals surface area contributed by atoms with Gasteiger partial charge in [0.25, 0.3) is 0 Å². The summed E-state index contributed by atoms with van der Waals surface area (Å²) in [5.41, 5.74) is -1.32. The van der Waals surface area contributed by atoms with Crippen LogP contribution in [0.25, 0.3) is 42.4 Å². The minimum atomic E-state index is -4.93. The highest BCUT2D eigenvalue weighted by Crippen LogP contribution is 2.43. The number of rotatable bonds is 8. The second-order valence-electron chi connectivity index (χ2n) is 9.16. The molecule has 0 aliphatic heterocycles. The van der Waals surface area contributed by atoms with E-state index in [1.165, 1.54) is 36.6 Å². The van der Waals surface area contributed by atoms with Crippen LogP contribution in [0, 0.1) is 0 Å². The summed E-state index contributed by atoms with van der Waals surface area (Å²) in [6, 6.07) is 13.0. The van der Waals surface area contributed by atoms with Crippen molar-refractivity contribution in [3.05, 3.63) is 70.6 Å². The molecule has 2 nitrogen and oxygen atoms in total. The van der Waals surface area contributed by atoms with Gasteiger partial charge in [0.2, 0.25) is 0 Å². The van der Waals surface area contributed by atoms with Gasteiger partial charge >= 0.3 is 12.4 Å². The van der Waals surface area contributed by atoms with Gasteiger partial charge in [0.15, 0.2) is 0 Å². The number of aryl methyl sites for hydroxylation is 1. The topological polar surface area (TPSA) is 25.8 Å². The predicted molar refractivity (Wildman–Crippen MR) is 147 cm³/mol. The molecule has 0 radical (unpaired) electrons. The molecule has 5 aromatic rings. The molecule has 0 amide bonds. The van der Waals surface area contributed by atoms with Gasteiger partial charge in [-0.15, -0.1) is 22.7 Å². The Morgan fingerprint density at radius 3 is 1.90 bits per heavy atom. The first-order valence-electron chi connectivity index (χ1n) is 12.3.